The number of amides is 1. The fourth-order valence-electron chi connectivity index (χ4n) is 2.78. The van der Waals surface area contributed by atoms with Gasteiger partial charge in [-0.25, -0.2) is 0 Å². The van der Waals surface area contributed by atoms with Crippen LogP contribution in [0.3, 0.4) is 0 Å². The van der Waals surface area contributed by atoms with Crippen molar-refractivity contribution >= 4 is 17.3 Å². The molecule has 0 atom stereocenters. The molecule has 0 unspecified atom stereocenters. The number of carbonyl (C=O) groups is 1. The van der Waals surface area contributed by atoms with Crippen LogP contribution < -0.4 is 16.4 Å². The minimum atomic E-state index is -0.0838. The van der Waals surface area contributed by atoms with E-state index < -0.39 is 0 Å². The molecule has 0 bridgehead atoms. The number of carbonyl (C=O) groups excluding carboxylic acids is 1. The van der Waals surface area contributed by atoms with Gasteiger partial charge in [-0.1, -0.05) is 19.8 Å². The van der Waals surface area contributed by atoms with Crippen molar-refractivity contribution in [2.24, 2.45) is 11.8 Å². The van der Waals surface area contributed by atoms with Crippen molar-refractivity contribution < 1.29 is 4.79 Å². The molecule has 110 valence electrons. The van der Waals surface area contributed by atoms with Crippen LogP contribution in [-0.2, 0) is 0 Å². The van der Waals surface area contributed by atoms with Crippen LogP contribution >= 0.6 is 0 Å². The largest absolute Gasteiger partial charge is 0.397 e. The average molecular weight is 275 g/mol. The summed E-state index contributed by atoms with van der Waals surface area (Å²) in [6.45, 7) is 3.27. The van der Waals surface area contributed by atoms with Gasteiger partial charge >= 0.3 is 0 Å². The zero-order valence-corrected chi connectivity index (χ0v) is 12.4. The molecule has 0 radical (unpaired) electrons. The Balaban J connectivity index is 1.96. The van der Waals surface area contributed by atoms with Gasteiger partial charge in [-0.15, -0.1) is 0 Å². The number of nitrogen functional groups attached to an aromatic ring is 1. The fourth-order valence-corrected chi connectivity index (χ4v) is 2.78. The number of benzene rings is 1. The molecule has 0 saturated heterocycles. The SMILES string of the molecule is CNC(=O)c1ccc(N)c(NCC2CCC(C)CC2)c1. The first kappa shape index (κ1) is 14.7. The first-order valence-corrected chi connectivity index (χ1v) is 7.45. The molecule has 2 rings (SSSR count). The lowest BCUT2D eigenvalue weighted by Gasteiger charge is -2.26. The second-order valence-electron chi connectivity index (χ2n) is 5.89. The lowest BCUT2D eigenvalue weighted by Crippen LogP contribution is -2.21. The van der Waals surface area contributed by atoms with Crippen LogP contribution in [0, 0.1) is 11.8 Å². The van der Waals surface area contributed by atoms with Gasteiger partial charge in [-0.2, -0.15) is 0 Å². The monoisotopic (exact) mass is 275 g/mol. The highest BCUT2D eigenvalue weighted by molar-refractivity contribution is 5.96. The molecule has 0 aromatic heterocycles. The van der Waals surface area contributed by atoms with Gasteiger partial charge in [0.1, 0.15) is 0 Å². The summed E-state index contributed by atoms with van der Waals surface area (Å²) in [7, 11) is 1.63. The standard InChI is InChI=1S/C16H25N3O/c1-11-3-5-12(6-4-11)10-19-15-9-13(16(20)18-2)7-8-14(15)17/h7-9,11-12,19H,3-6,10,17H2,1-2H3,(H,18,20). The summed E-state index contributed by atoms with van der Waals surface area (Å²) >= 11 is 0. The Kier molecular flexibility index (Phi) is 4.88. The Hall–Kier alpha value is -1.71. The first-order chi connectivity index (χ1) is 9.60. The van der Waals surface area contributed by atoms with Crippen LogP contribution in [0.4, 0.5) is 11.4 Å². The minimum absolute atomic E-state index is 0.0838. The van der Waals surface area contributed by atoms with Gasteiger partial charge in [-0.05, 0) is 42.9 Å². The molecule has 4 N–H and O–H groups in total. The molecule has 1 aromatic rings. The van der Waals surface area contributed by atoms with Crippen molar-refractivity contribution in [1.29, 1.82) is 0 Å². The van der Waals surface area contributed by atoms with E-state index in [-0.39, 0.29) is 5.91 Å². The predicted molar refractivity (Wildman–Crippen MR) is 83.9 cm³/mol. The van der Waals surface area contributed by atoms with E-state index in [0.717, 1.165) is 18.2 Å². The van der Waals surface area contributed by atoms with Gasteiger partial charge in [0, 0.05) is 19.2 Å². The molecule has 20 heavy (non-hydrogen) atoms. The quantitative estimate of drug-likeness (QED) is 0.740. The Morgan fingerprint density at radius 1 is 1.30 bits per heavy atom. The molecule has 0 spiro atoms. The maximum Gasteiger partial charge on any atom is 0.251 e. The molecule has 1 aliphatic carbocycles. The molecular weight excluding hydrogens is 250 g/mol. The topological polar surface area (TPSA) is 67.2 Å². The minimum Gasteiger partial charge on any atom is -0.397 e. The van der Waals surface area contributed by atoms with Crippen LogP contribution in [0.25, 0.3) is 0 Å². The Morgan fingerprint density at radius 3 is 2.65 bits per heavy atom. The second-order valence-corrected chi connectivity index (χ2v) is 5.89. The van der Waals surface area contributed by atoms with E-state index in [4.69, 9.17) is 5.73 Å². The zero-order valence-electron chi connectivity index (χ0n) is 12.4. The van der Waals surface area contributed by atoms with Crippen molar-refractivity contribution in [3.05, 3.63) is 23.8 Å². The van der Waals surface area contributed by atoms with Crippen LogP contribution in [0.2, 0.25) is 0 Å². The summed E-state index contributed by atoms with van der Waals surface area (Å²) in [5, 5.41) is 6.04. The van der Waals surface area contributed by atoms with Gasteiger partial charge in [0.05, 0.1) is 11.4 Å². The van der Waals surface area contributed by atoms with E-state index in [0.29, 0.717) is 17.2 Å². The summed E-state index contributed by atoms with van der Waals surface area (Å²) in [6.07, 6.45) is 5.20. The van der Waals surface area contributed by atoms with Crippen LogP contribution in [0.15, 0.2) is 18.2 Å². The smallest absolute Gasteiger partial charge is 0.251 e. The molecule has 1 fully saturated rings. The maximum absolute atomic E-state index is 11.6. The molecule has 4 nitrogen and oxygen atoms in total. The summed E-state index contributed by atoms with van der Waals surface area (Å²) in [6, 6.07) is 5.37. The summed E-state index contributed by atoms with van der Waals surface area (Å²) in [4.78, 5) is 11.6. The van der Waals surface area contributed by atoms with E-state index in [1.807, 2.05) is 6.07 Å². The van der Waals surface area contributed by atoms with Gasteiger partial charge in [0.25, 0.3) is 5.91 Å². The number of nitrogens with one attached hydrogen (secondary N) is 2. The van der Waals surface area contributed by atoms with Crippen molar-refractivity contribution in [2.75, 3.05) is 24.6 Å². The van der Waals surface area contributed by atoms with Crippen molar-refractivity contribution in [2.45, 2.75) is 32.6 Å². The molecular formula is C16H25N3O. The number of nitrogens with two attached hydrogens (primary N) is 1. The average Bonchev–Trinajstić information content (AvgIpc) is 2.47. The van der Waals surface area contributed by atoms with Gasteiger partial charge in [0.15, 0.2) is 0 Å². The van der Waals surface area contributed by atoms with Gasteiger partial charge < -0.3 is 16.4 Å². The lowest BCUT2D eigenvalue weighted by atomic mass is 9.83. The second kappa shape index (κ2) is 6.64. The highest BCUT2D eigenvalue weighted by Gasteiger charge is 2.18. The van der Waals surface area contributed by atoms with Gasteiger partial charge in [-0.3, -0.25) is 4.79 Å². The van der Waals surface area contributed by atoms with E-state index in [2.05, 4.69) is 17.6 Å². The van der Waals surface area contributed by atoms with Crippen molar-refractivity contribution in [3.63, 3.8) is 0 Å². The summed E-state index contributed by atoms with van der Waals surface area (Å²) < 4.78 is 0. The molecule has 0 heterocycles. The maximum atomic E-state index is 11.6. The number of hydrogen-bond acceptors (Lipinski definition) is 3. The van der Waals surface area contributed by atoms with E-state index in [1.165, 1.54) is 25.7 Å². The third kappa shape index (κ3) is 3.65. The number of anilines is 2. The molecule has 1 aromatic carbocycles. The number of hydrogen-bond donors (Lipinski definition) is 3. The summed E-state index contributed by atoms with van der Waals surface area (Å²) in [5.74, 6) is 1.50. The summed E-state index contributed by atoms with van der Waals surface area (Å²) in [5.41, 5.74) is 8.18. The fraction of sp³-hybridized carbons (Fsp3) is 0.562. The van der Waals surface area contributed by atoms with Crippen LogP contribution in [0.1, 0.15) is 43.0 Å². The van der Waals surface area contributed by atoms with Crippen LogP contribution in [-0.4, -0.2) is 19.5 Å². The van der Waals surface area contributed by atoms with Crippen molar-refractivity contribution in [3.8, 4) is 0 Å². The van der Waals surface area contributed by atoms with Crippen LogP contribution in [0.5, 0.6) is 0 Å². The van der Waals surface area contributed by atoms with E-state index >= 15 is 0 Å². The molecule has 0 aliphatic heterocycles. The Bertz CT molecular complexity index is 465. The van der Waals surface area contributed by atoms with E-state index in [1.54, 1.807) is 19.2 Å². The Labute approximate surface area is 121 Å². The first-order valence-electron chi connectivity index (χ1n) is 7.45. The zero-order chi connectivity index (χ0) is 14.5. The van der Waals surface area contributed by atoms with E-state index in [9.17, 15) is 4.79 Å². The number of rotatable bonds is 4. The third-order valence-corrected chi connectivity index (χ3v) is 4.26. The van der Waals surface area contributed by atoms with Crippen molar-refractivity contribution in [1.82, 2.24) is 5.32 Å². The van der Waals surface area contributed by atoms with Gasteiger partial charge in [0.2, 0.25) is 0 Å². The Morgan fingerprint density at radius 2 is 2.00 bits per heavy atom. The lowest BCUT2D eigenvalue weighted by molar-refractivity contribution is 0.0963. The molecule has 1 saturated carbocycles. The predicted octanol–water partition coefficient (Wildman–Crippen LogP) is 2.87. The normalized spacial score (nSPS) is 22.3. The highest BCUT2D eigenvalue weighted by Crippen LogP contribution is 2.29. The third-order valence-electron chi connectivity index (χ3n) is 4.26. The molecule has 1 aliphatic rings. The molecule has 1 amide bonds. The molecule has 4 heteroatoms. The highest BCUT2D eigenvalue weighted by atomic mass is 16.1.